The molecule has 0 radical (unpaired) electrons. The van der Waals surface area contributed by atoms with Crippen molar-refractivity contribution < 1.29 is 22.7 Å². The van der Waals surface area contributed by atoms with Crippen LogP contribution in [0.2, 0.25) is 0 Å². The van der Waals surface area contributed by atoms with E-state index in [4.69, 9.17) is 10.4 Å². The molecule has 0 atom stereocenters. The van der Waals surface area contributed by atoms with Crippen molar-refractivity contribution in [1.29, 1.82) is 5.26 Å². The first-order valence-corrected chi connectivity index (χ1v) is 8.17. The SMILES string of the molecule is COC(=O)CCN/C=C(/C#N)C(=O)Nc1ccc(S(N)(=O)=O)cc1. The summed E-state index contributed by atoms with van der Waals surface area (Å²) in [7, 11) is -2.56. The number of hydrogen-bond acceptors (Lipinski definition) is 7. The van der Waals surface area contributed by atoms with Gasteiger partial charge in [-0.05, 0) is 24.3 Å². The Morgan fingerprint density at radius 3 is 2.46 bits per heavy atom. The van der Waals surface area contributed by atoms with Crippen molar-refractivity contribution in [3.8, 4) is 6.07 Å². The lowest BCUT2D eigenvalue weighted by molar-refractivity contribution is -0.140. The molecule has 1 aromatic carbocycles. The van der Waals surface area contributed by atoms with Gasteiger partial charge in [-0.3, -0.25) is 9.59 Å². The zero-order valence-electron chi connectivity index (χ0n) is 12.8. The third-order valence-corrected chi connectivity index (χ3v) is 3.68. The van der Waals surface area contributed by atoms with E-state index in [0.29, 0.717) is 5.69 Å². The number of carbonyl (C=O) groups excluding carboxylic acids is 2. The minimum absolute atomic E-state index is 0.0857. The maximum absolute atomic E-state index is 11.9. The highest BCUT2D eigenvalue weighted by atomic mass is 32.2. The number of hydrogen-bond donors (Lipinski definition) is 3. The summed E-state index contributed by atoms with van der Waals surface area (Å²) in [6.45, 7) is 0.203. The quantitative estimate of drug-likeness (QED) is 0.267. The van der Waals surface area contributed by atoms with Crippen LogP contribution in [-0.2, 0) is 24.3 Å². The average molecular weight is 352 g/mol. The predicted molar refractivity (Wildman–Crippen MR) is 84.8 cm³/mol. The molecule has 0 aromatic heterocycles. The first kappa shape index (κ1) is 19.1. The van der Waals surface area contributed by atoms with Gasteiger partial charge in [-0.1, -0.05) is 0 Å². The van der Waals surface area contributed by atoms with Crippen LogP contribution < -0.4 is 15.8 Å². The van der Waals surface area contributed by atoms with Gasteiger partial charge >= 0.3 is 5.97 Å². The molecule has 1 rings (SSSR count). The Balaban J connectivity index is 2.67. The normalized spacial score (nSPS) is 11.3. The van der Waals surface area contributed by atoms with Crippen molar-refractivity contribution in [2.45, 2.75) is 11.3 Å². The van der Waals surface area contributed by atoms with Crippen LogP contribution in [-0.4, -0.2) is 33.9 Å². The molecule has 4 N–H and O–H groups in total. The average Bonchev–Trinajstić information content (AvgIpc) is 2.54. The van der Waals surface area contributed by atoms with Crippen molar-refractivity contribution in [1.82, 2.24) is 5.32 Å². The molecule has 0 aliphatic carbocycles. The summed E-state index contributed by atoms with van der Waals surface area (Å²) in [4.78, 5) is 22.8. The minimum Gasteiger partial charge on any atom is -0.469 e. The van der Waals surface area contributed by atoms with E-state index in [1.165, 1.54) is 37.6 Å². The number of carbonyl (C=O) groups is 2. The van der Waals surface area contributed by atoms with E-state index in [0.717, 1.165) is 0 Å². The largest absolute Gasteiger partial charge is 0.469 e. The molecular formula is C14H16N4O5S. The molecule has 0 unspecified atom stereocenters. The number of nitriles is 1. The number of anilines is 1. The molecule has 0 fully saturated rings. The molecule has 1 amide bonds. The first-order valence-electron chi connectivity index (χ1n) is 6.62. The highest BCUT2D eigenvalue weighted by Crippen LogP contribution is 2.13. The Morgan fingerprint density at radius 2 is 1.96 bits per heavy atom. The molecule has 1 aromatic rings. The fraction of sp³-hybridized carbons (Fsp3) is 0.214. The number of ether oxygens (including phenoxy) is 1. The van der Waals surface area contributed by atoms with Crippen molar-refractivity contribution in [2.75, 3.05) is 19.0 Å². The maximum atomic E-state index is 11.9. The van der Waals surface area contributed by atoms with Crippen LogP contribution in [0.5, 0.6) is 0 Å². The molecule has 10 heteroatoms. The van der Waals surface area contributed by atoms with Crippen LogP contribution in [0.15, 0.2) is 40.9 Å². The number of methoxy groups -OCH3 is 1. The van der Waals surface area contributed by atoms with Crippen LogP contribution in [0.4, 0.5) is 5.69 Å². The van der Waals surface area contributed by atoms with Crippen molar-refractivity contribution >= 4 is 27.6 Å². The number of esters is 1. The standard InChI is InChI=1S/C14H16N4O5S/c1-23-13(19)6-7-17-9-10(8-15)14(20)18-11-2-4-12(5-3-11)24(16,21)22/h2-5,9,17H,6-7H2,1H3,(H,18,20)(H2,16,21,22)/b10-9-. The molecule has 0 saturated heterocycles. The van der Waals surface area contributed by atoms with Gasteiger partial charge in [0.1, 0.15) is 11.6 Å². The Hall–Kier alpha value is -2.90. The number of primary sulfonamides is 1. The molecule has 24 heavy (non-hydrogen) atoms. The van der Waals surface area contributed by atoms with Gasteiger partial charge in [-0.25, -0.2) is 13.6 Å². The van der Waals surface area contributed by atoms with Gasteiger partial charge in [-0.2, -0.15) is 5.26 Å². The zero-order chi connectivity index (χ0) is 18.2. The highest BCUT2D eigenvalue weighted by molar-refractivity contribution is 7.89. The van der Waals surface area contributed by atoms with Gasteiger partial charge in [0.25, 0.3) is 5.91 Å². The minimum atomic E-state index is -3.82. The number of nitrogens with one attached hydrogen (secondary N) is 2. The van der Waals surface area contributed by atoms with E-state index in [1.807, 2.05) is 0 Å². The van der Waals surface area contributed by atoms with Crippen molar-refractivity contribution in [3.63, 3.8) is 0 Å². The van der Waals surface area contributed by atoms with Gasteiger partial charge in [0.05, 0.1) is 18.4 Å². The van der Waals surface area contributed by atoms with Gasteiger partial charge < -0.3 is 15.4 Å². The monoisotopic (exact) mass is 352 g/mol. The lowest BCUT2D eigenvalue weighted by Gasteiger charge is -2.06. The summed E-state index contributed by atoms with van der Waals surface area (Å²) in [6, 6.07) is 6.87. The maximum Gasteiger partial charge on any atom is 0.307 e. The molecular weight excluding hydrogens is 336 g/mol. The summed E-state index contributed by atoms with van der Waals surface area (Å²) >= 11 is 0. The number of nitrogens with zero attached hydrogens (tertiary/aromatic N) is 1. The van der Waals surface area contributed by atoms with Gasteiger partial charge in [0, 0.05) is 18.4 Å². The number of nitrogens with two attached hydrogens (primary N) is 1. The molecule has 0 bridgehead atoms. The summed E-state index contributed by atoms with van der Waals surface area (Å²) in [5.74, 6) is -1.11. The molecule has 0 aliphatic rings. The molecule has 0 saturated carbocycles. The number of amides is 1. The fourth-order valence-corrected chi connectivity index (χ4v) is 2.04. The van der Waals surface area contributed by atoms with Crippen LogP contribution in [0, 0.1) is 11.3 Å². The zero-order valence-corrected chi connectivity index (χ0v) is 13.6. The molecule has 0 aliphatic heterocycles. The van der Waals surface area contributed by atoms with E-state index >= 15 is 0 Å². The van der Waals surface area contributed by atoms with Gasteiger partial charge in [0.2, 0.25) is 10.0 Å². The topological polar surface area (TPSA) is 151 Å². The number of sulfonamides is 1. The second-order valence-corrected chi connectivity index (χ2v) is 6.04. The van der Waals surface area contributed by atoms with E-state index in [9.17, 15) is 18.0 Å². The second-order valence-electron chi connectivity index (χ2n) is 4.47. The highest BCUT2D eigenvalue weighted by Gasteiger charge is 2.11. The van der Waals surface area contributed by atoms with E-state index in [1.54, 1.807) is 6.07 Å². The van der Waals surface area contributed by atoms with Crippen molar-refractivity contribution in [2.24, 2.45) is 5.14 Å². The summed E-state index contributed by atoms with van der Waals surface area (Å²) < 4.78 is 26.7. The Morgan fingerprint density at radius 1 is 1.33 bits per heavy atom. The van der Waals surface area contributed by atoms with Crippen LogP contribution in [0.3, 0.4) is 0 Å². The second kappa shape index (κ2) is 8.66. The van der Waals surface area contributed by atoms with E-state index < -0.39 is 21.9 Å². The smallest absolute Gasteiger partial charge is 0.307 e. The lowest BCUT2D eigenvalue weighted by Crippen LogP contribution is -2.19. The number of benzene rings is 1. The Bertz CT molecular complexity index is 778. The van der Waals surface area contributed by atoms with Gasteiger partial charge in [-0.15, -0.1) is 0 Å². The first-order chi connectivity index (χ1) is 11.3. The summed E-state index contributed by atoms with van der Waals surface area (Å²) in [5, 5.41) is 19.0. The molecule has 0 heterocycles. The molecule has 0 spiro atoms. The number of rotatable bonds is 7. The van der Waals surface area contributed by atoms with E-state index in [-0.39, 0.29) is 23.4 Å². The summed E-state index contributed by atoms with van der Waals surface area (Å²) in [5.41, 5.74) is 0.0819. The van der Waals surface area contributed by atoms with Crippen LogP contribution in [0.1, 0.15) is 6.42 Å². The van der Waals surface area contributed by atoms with Crippen LogP contribution >= 0.6 is 0 Å². The van der Waals surface area contributed by atoms with Crippen LogP contribution in [0.25, 0.3) is 0 Å². The van der Waals surface area contributed by atoms with Crippen molar-refractivity contribution in [3.05, 3.63) is 36.0 Å². The molecule has 128 valence electrons. The third-order valence-electron chi connectivity index (χ3n) is 2.75. The lowest BCUT2D eigenvalue weighted by atomic mass is 10.2. The van der Waals surface area contributed by atoms with Gasteiger partial charge in [0.15, 0.2) is 0 Å². The summed E-state index contributed by atoms with van der Waals surface area (Å²) in [6.07, 6.45) is 1.26. The molecule has 9 nitrogen and oxygen atoms in total. The Kier molecular flexibility index (Phi) is 6.91. The Labute approximate surface area is 139 Å². The third kappa shape index (κ3) is 6.07. The fourth-order valence-electron chi connectivity index (χ4n) is 1.53. The predicted octanol–water partition coefficient (Wildman–Crippen LogP) is -0.167. The van der Waals surface area contributed by atoms with E-state index in [2.05, 4.69) is 15.4 Å².